The Bertz CT molecular complexity index is 905. The van der Waals surface area contributed by atoms with Crippen LogP contribution in [0.1, 0.15) is 22.3 Å². The van der Waals surface area contributed by atoms with Gasteiger partial charge in [0.05, 0.1) is 4.90 Å². The molecule has 0 aliphatic carbocycles. The van der Waals surface area contributed by atoms with Crippen molar-refractivity contribution < 1.29 is 17.6 Å². The highest BCUT2D eigenvalue weighted by Crippen LogP contribution is 2.19. The highest BCUT2D eigenvalue weighted by molar-refractivity contribution is 7.89. The maximum atomic E-state index is 13.1. The quantitative estimate of drug-likeness (QED) is 0.811. The molecule has 0 unspecified atom stereocenters. The molecule has 9 heteroatoms. The highest BCUT2D eigenvalue weighted by Gasteiger charge is 2.28. The molecule has 152 valence electrons. The van der Waals surface area contributed by atoms with E-state index in [9.17, 15) is 17.6 Å². The first kappa shape index (κ1) is 22.3. The standard InChI is InChI=1S/C19H22FN3O3S.ClH/c20-17-6-8-18(9-7-17)27(25,26)23-11-1-10-22(12-13-23)19(24)16-4-2-15(14-21)3-5-16;/h2-9H,1,10-14,21H2;1H. The van der Waals surface area contributed by atoms with E-state index in [1.54, 1.807) is 17.0 Å². The second kappa shape index (κ2) is 9.47. The van der Waals surface area contributed by atoms with E-state index in [4.69, 9.17) is 5.73 Å². The molecule has 1 amide bonds. The largest absolute Gasteiger partial charge is 0.337 e. The molecule has 0 atom stereocenters. The van der Waals surface area contributed by atoms with Crippen LogP contribution in [-0.2, 0) is 16.6 Å². The molecule has 0 saturated carbocycles. The number of carbonyl (C=O) groups is 1. The van der Waals surface area contributed by atoms with Gasteiger partial charge in [-0.1, -0.05) is 12.1 Å². The fraction of sp³-hybridized carbons (Fsp3) is 0.316. The van der Waals surface area contributed by atoms with Gasteiger partial charge in [-0.2, -0.15) is 4.31 Å². The molecule has 0 aromatic heterocycles. The number of hydrogen-bond acceptors (Lipinski definition) is 4. The molecular weight excluding hydrogens is 405 g/mol. The van der Waals surface area contributed by atoms with E-state index in [1.165, 1.54) is 16.4 Å². The Balaban J connectivity index is 0.00000280. The van der Waals surface area contributed by atoms with Crippen LogP contribution in [0.5, 0.6) is 0 Å². The van der Waals surface area contributed by atoms with Crippen molar-refractivity contribution in [1.29, 1.82) is 0 Å². The van der Waals surface area contributed by atoms with Crippen molar-refractivity contribution in [3.05, 3.63) is 65.5 Å². The van der Waals surface area contributed by atoms with Gasteiger partial charge in [-0.15, -0.1) is 12.4 Å². The first-order valence-corrected chi connectivity index (χ1v) is 10.2. The Morgan fingerprint density at radius 1 is 0.964 bits per heavy atom. The van der Waals surface area contributed by atoms with E-state index in [1.807, 2.05) is 12.1 Å². The van der Waals surface area contributed by atoms with E-state index < -0.39 is 15.8 Å². The molecule has 2 N–H and O–H groups in total. The van der Waals surface area contributed by atoms with Crippen molar-refractivity contribution in [2.75, 3.05) is 26.2 Å². The van der Waals surface area contributed by atoms with Crippen molar-refractivity contribution in [3.8, 4) is 0 Å². The molecule has 0 spiro atoms. The van der Waals surface area contributed by atoms with Gasteiger partial charge in [-0.25, -0.2) is 12.8 Å². The number of hydrogen-bond donors (Lipinski definition) is 1. The van der Waals surface area contributed by atoms with Crippen molar-refractivity contribution in [2.24, 2.45) is 5.73 Å². The van der Waals surface area contributed by atoms with Crippen LogP contribution in [0.3, 0.4) is 0 Å². The van der Waals surface area contributed by atoms with Crippen LogP contribution in [0.2, 0.25) is 0 Å². The molecule has 2 aromatic carbocycles. The maximum absolute atomic E-state index is 13.1. The molecule has 1 fully saturated rings. The molecular formula is C19H23ClFN3O3S. The molecule has 28 heavy (non-hydrogen) atoms. The molecule has 1 aliphatic rings. The van der Waals surface area contributed by atoms with Gasteiger partial charge in [-0.05, 0) is 48.4 Å². The molecule has 3 rings (SSSR count). The van der Waals surface area contributed by atoms with Crippen molar-refractivity contribution >= 4 is 28.3 Å². The van der Waals surface area contributed by atoms with E-state index in [0.717, 1.165) is 17.7 Å². The SMILES string of the molecule is Cl.NCc1ccc(C(=O)N2CCCN(S(=O)(=O)c3ccc(F)cc3)CC2)cc1. The van der Waals surface area contributed by atoms with Gasteiger partial charge in [0.2, 0.25) is 10.0 Å². The average Bonchev–Trinajstić information content (AvgIpc) is 2.94. The summed E-state index contributed by atoms with van der Waals surface area (Å²) in [5.74, 6) is -0.609. The summed E-state index contributed by atoms with van der Waals surface area (Å²) in [6, 6.07) is 11.9. The second-order valence-electron chi connectivity index (χ2n) is 6.40. The summed E-state index contributed by atoms with van der Waals surface area (Å²) >= 11 is 0. The number of carbonyl (C=O) groups excluding carboxylic acids is 1. The minimum Gasteiger partial charge on any atom is -0.337 e. The summed E-state index contributed by atoms with van der Waals surface area (Å²) in [6.07, 6.45) is 0.535. The van der Waals surface area contributed by atoms with Crippen molar-refractivity contribution in [1.82, 2.24) is 9.21 Å². The topological polar surface area (TPSA) is 83.7 Å². The highest BCUT2D eigenvalue weighted by atomic mass is 35.5. The van der Waals surface area contributed by atoms with Crippen LogP contribution >= 0.6 is 12.4 Å². The summed E-state index contributed by atoms with van der Waals surface area (Å²) in [4.78, 5) is 14.4. The monoisotopic (exact) mass is 427 g/mol. The third-order valence-corrected chi connectivity index (χ3v) is 6.54. The number of nitrogens with zero attached hydrogens (tertiary/aromatic N) is 2. The Hall–Kier alpha value is -2.00. The summed E-state index contributed by atoms with van der Waals surface area (Å²) in [5.41, 5.74) is 7.07. The van der Waals surface area contributed by atoms with Gasteiger partial charge < -0.3 is 10.6 Å². The van der Waals surface area contributed by atoms with Crippen LogP contribution < -0.4 is 5.73 Å². The number of rotatable bonds is 4. The van der Waals surface area contributed by atoms with Gasteiger partial charge in [0, 0.05) is 38.3 Å². The third-order valence-electron chi connectivity index (χ3n) is 4.63. The molecule has 0 radical (unpaired) electrons. The lowest BCUT2D eigenvalue weighted by Gasteiger charge is -2.22. The predicted octanol–water partition coefficient (Wildman–Crippen LogP) is 2.24. The predicted molar refractivity (Wildman–Crippen MR) is 107 cm³/mol. The number of benzene rings is 2. The van der Waals surface area contributed by atoms with Crippen LogP contribution in [0.15, 0.2) is 53.4 Å². The summed E-state index contributed by atoms with van der Waals surface area (Å²) in [6.45, 7) is 1.71. The van der Waals surface area contributed by atoms with Crippen molar-refractivity contribution in [2.45, 2.75) is 17.9 Å². The minimum atomic E-state index is -3.71. The zero-order valence-corrected chi connectivity index (χ0v) is 16.9. The molecule has 1 aliphatic heterocycles. The third kappa shape index (κ3) is 4.88. The molecule has 2 aromatic rings. The first-order valence-electron chi connectivity index (χ1n) is 8.76. The normalized spacial score (nSPS) is 15.6. The summed E-state index contributed by atoms with van der Waals surface area (Å²) in [7, 11) is -3.71. The van der Waals surface area contributed by atoms with Crippen LogP contribution in [-0.4, -0.2) is 49.7 Å². The van der Waals surface area contributed by atoms with Gasteiger partial charge in [0.25, 0.3) is 5.91 Å². The van der Waals surface area contributed by atoms with Crippen LogP contribution in [0.4, 0.5) is 4.39 Å². The number of halogens is 2. The van der Waals surface area contributed by atoms with Gasteiger partial charge in [-0.3, -0.25) is 4.79 Å². The number of nitrogens with two attached hydrogens (primary N) is 1. The zero-order valence-electron chi connectivity index (χ0n) is 15.3. The minimum absolute atomic E-state index is 0. The fourth-order valence-electron chi connectivity index (χ4n) is 3.06. The molecule has 6 nitrogen and oxygen atoms in total. The van der Waals surface area contributed by atoms with Gasteiger partial charge in [0.1, 0.15) is 5.82 Å². The summed E-state index contributed by atoms with van der Waals surface area (Å²) in [5, 5.41) is 0. The van der Waals surface area contributed by atoms with Crippen LogP contribution in [0, 0.1) is 5.82 Å². The Kier molecular flexibility index (Phi) is 7.54. The van der Waals surface area contributed by atoms with E-state index in [-0.39, 0.29) is 29.8 Å². The molecule has 0 bridgehead atoms. The number of sulfonamides is 1. The smallest absolute Gasteiger partial charge is 0.253 e. The summed E-state index contributed by atoms with van der Waals surface area (Å²) < 4.78 is 39.9. The van der Waals surface area contributed by atoms with E-state index >= 15 is 0 Å². The van der Waals surface area contributed by atoms with Crippen LogP contribution in [0.25, 0.3) is 0 Å². The molecule has 1 saturated heterocycles. The maximum Gasteiger partial charge on any atom is 0.253 e. The first-order chi connectivity index (χ1) is 12.9. The average molecular weight is 428 g/mol. The lowest BCUT2D eigenvalue weighted by atomic mass is 10.1. The second-order valence-corrected chi connectivity index (χ2v) is 8.34. The Morgan fingerprint density at radius 3 is 2.21 bits per heavy atom. The van der Waals surface area contributed by atoms with E-state index in [0.29, 0.717) is 38.2 Å². The van der Waals surface area contributed by atoms with Crippen molar-refractivity contribution in [3.63, 3.8) is 0 Å². The lowest BCUT2D eigenvalue weighted by molar-refractivity contribution is 0.0764. The lowest BCUT2D eigenvalue weighted by Crippen LogP contribution is -2.37. The number of amides is 1. The van der Waals surface area contributed by atoms with Gasteiger partial charge >= 0.3 is 0 Å². The fourth-order valence-corrected chi connectivity index (χ4v) is 4.53. The van der Waals surface area contributed by atoms with E-state index in [2.05, 4.69) is 0 Å². The Labute approximate surface area is 170 Å². The molecule has 1 heterocycles. The zero-order chi connectivity index (χ0) is 19.4. The van der Waals surface area contributed by atoms with Gasteiger partial charge in [0.15, 0.2) is 0 Å². The Morgan fingerprint density at radius 2 is 1.61 bits per heavy atom.